The molecule has 1 saturated heterocycles. The van der Waals surface area contributed by atoms with Crippen LogP contribution in [0.25, 0.3) is 0 Å². The van der Waals surface area contributed by atoms with E-state index in [0.717, 1.165) is 35.6 Å². The Balaban J connectivity index is 1.44. The van der Waals surface area contributed by atoms with Crippen molar-refractivity contribution in [3.8, 4) is 11.5 Å². The molecule has 0 radical (unpaired) electrons. The predicted molar refractivity (Wildman–Crippen MR) is 124 cm³/mol. The average Bonchev–Trinajstić information content (AvgIpc) is 3.03. The van der Waals surface area contributed by atoms with Crippen molar-refractivity contribution in [1.29, 1.82) is 0 Å². The molecule has 1 aromatic carbocycles. The molecular weight excluding hydrogens is 422 g/mol. The Kier molecular flexibility index (Phi) is 7.67. The van der Waals surface area contributed by atoms with Gasteiger partial charge < -0.3 is 24.1 Å². The Bertz CT molecular complexity index is 1010. The van der Waals surface area contributed by atoms with Gasteiger partial charge in [-0.05, 0) is 35.2 Å². The minimum Gasteiger partial charge on any atom is -0.490 e. The summed E-state index contributed by atoms with van der Waals surface area (Å²) in [4.78, 5) is 31.8. The molecule has 0 saturated carbocycles. The first-order valence-corrected chi connectivity index (χ1v) is 11.7. The van der Waals surface area contributed by atoms with E-state index in [1.54, 1.807) is 12.3 Å². The molecule has 4 rings (SSSR count). The molecular formula is C25H33N3O5. The third-order valence-corrected chi connectivity index (χ3v) is 5.75. The molecule has 2 aliphatic heterocycles. The first-order valence-electron chi connectivity index (χ1n) is 11.7. The third-order valence-electron chi connectivity index (χ3n) is 5.75. The fourth-order valence-corrected chi connectivity index (χ4v) is 4.24. The van der Waals surface area contributed by atoms with E-state index in [2.05, 4.69) is 23.7 Å². The fraction of sp³-hybridized carbons (Fsp3) is 0.520. The van der Waals surface area contributed by atoms with Crippen molar-refractivity contribution in [2.24, 2.45) is 5.92 Å². The predicted octanol–water partition coefficient (Wildman–Crippen LogP) is 2.42. The number of pyridine rings is 1. The van der Waals surface area contributed by atoms with Gasteiger partial charge in [0.05, 0.1) is 19.8 Å². The van der Waals surface area contributed by atoms with E-state index in [-0.39, 0.29) is 11.5 Å². The van der Waals surface area contributed by atoms with Gasteiger partial charge in [-0.2, -0.15) is 0 Å². The Labute approximate surface area is 194 Å². The Morgan fingerprint density at radius 1 is 1.12 bits per heavy atom. The van der Waals surface area contributed by atoms with Crippen molar-refractivity contribution in [2.45, 2.75) is 39.5 Å². The maximum atomic E-state index is 13.5. The quantitative estimate of drug-likeness (QED) is 0.690. The first-order chi connectivity index (χ1) is 16.0. The highest BCUT2D eigenvalue weighted by molar-refractivity contribution is 5.81. The topological polar surface area (TPSA) is 84.1 Å². The number of fused-ring (bicyclic) bond motifs is 1. The number of morpholine rings is 1. The Morgan fingerprint density at radius 3 is 2.73 bits per heavy atom. The number of amides is 1. The molecule has 178 valence electrons. The van der Waals surface area contributed by atoms with E-state index in [1.807, 2.05) is 29.2 Å². The number of nitrogens with one attached hydrogen (secondary N) is 1. The summed E-state index contributed by atoms with van der Waals surface area (Å²) in [5.74, 6) is 1.81. The summed E-state index contributed by atoms with van der Waals surface area (Å²) in [6.45, 7) is 8.95. The number of ether oxygens (including phenoxy) is 3. The number of carbonyl (C=O) groups excluding carboxylic acids is 1. The maximum Gasteiger partial charge on any atom is 0.253 e. The van der Waals surface area contributed by atoms with Crippen LogP contribution >= 0.6 is 0 Å². The van der Waals surface area contributed by atoms with Crippen molar-refractivity contribution >= 4 is 5.91 Å². The van der Waals surface area contributed by atoms with Crippen molar-refractivity contribution in [1.82, 2.24) is 14.8 Å². The first kappa shape index (κ1) is 23.3. The number of aromatic nitrogens is 1. The zero-order chi connectivity index (χ0) is 23.2. The van der Waals surface area contributed by atoms with E-state index in [9.17, 15) is 9.59 Å². The standard InChI is InChI=1S/C25H33N3O5/c1-18(2)14-28(16-19-4-5-21-22(12-19)32-10-3-9-31-21)25(30)23-17-27(8-11-33-23)15-20-6-7-26-24(29)13-20/h4-7,12-13,18,23H,3,8-11,14-17H2,1-2H3,(H,26,29). The molecule has 33 heavy (non-hydrogen) atoms. The number of aromatic amines is 1. The second-order valence-electron chi connectivity index (χ2n) is 9.10. The molecule has 0 aliphatic carbocycles. The number of rotatable bonds is 7. The maximum absolute atomic E-state index is 13.5. The van der Waals surface area contributed by atoms with Gasteiger partial charge in [0, 0.05) is 51.4 Å². The molecule has 8 heteroatoms. The summed E-state index contributed by atoms with van der Waals surface area (Å²) in [5.41, 5.74) is 1.81. The summed E-state index contributed by atoms with van der Waals surface area (Å²) < 4.78 is 17.4. The minimum absolute atomic E-state index is 0.00794. The van der Waals surface area contributed by atoms with Crippen molar-refractivity contribution in [3.05, 3.63) is 58.0 Å². The molecule has 1 atom stereocenters. The highest BCUT2D eigenvalue weighted by atomic mass is 16.5. The average molecular weight is 456 g/mol. The Hall–Kier alpha value is -2.84. The zero-order valence-electron chi connectivity index (χ0n) is 19.4. The number of carbonyl (C=O) groups is 1. The van der Waals surface area contributed by atoms with Crippen LogP contribution in [0.5, 0.6) is 11.5 Å². The summed E-state index contributed by atoms with van der Waals surface area (Å²) in [7, 11) is 0. The van der Waals surface area contributed by atoms with E-state index in [1.165, 1.54) is 0 Å². The normalized spacial score (nSPS) is 18.7. The van der Waals surface area contributed by atoms with E-state index >= 15 is 0 Å². The van der Waals surface area contributed by atoms with Gasteiger partial charge in [0.15, 0.2) is 11.5 Å². The fourth-order valence-electron chi connectivity index (χ4n) is 4.24. The van der Waals surface area contributed by atoms with Gasteiger partial charge in [0.1, 0.15) is 6.10 Å². The number of hydrogen-bond donors (Lipinski definition) is 1. The van der Waals surface area contributed by atoms with Gasteiger partial charge in [-0.25, -0.2) is 0 Å². The van der Waals surface area contributed by atoms with Crippen molar-refractivity contribution in [2.75, 3.05) is 39.5 Å². The zero-order valence-corrected chi connectivity index (χ0v) is 19.4. The molecule has 3 heterocycles. The molecule has 1 amide bonds. The van der Waals surface area contributed by atoms with Crippen LogP contribution in [0.4, 0.5) is 0 Å². The second-order valence-corrected chi connectivity index (χ2v) is 9.10. The largest absolute Gasteiger partial charge is 0.490 e. The van der Waals surface area contributed by atoms with Crippen LogP contribution in [-0.2, 0) is 22.6 Å². The molecule has 2 aromatic rings. The van der Waals surface area contributed by atoms with Gasteiger partial charge in [-0.15, -0.1) is 0 Å². The third kappa shape index (κ3) is 6.36. The van der Waals surface area contributed by atoms with E-state index < -0.39 is 6.10 Å². The molecule has 8 nitrogen and oxygen atoms in total. The summed E-state index contributed by atoms with van der Waals surface area (Å²) >= 11 is 0. The van der Waals surface area contributed by atoms with Gasteiger partial charge in [-0.3, -0.25) is 14.5 Å². The van der Waals surface area contributed by atoms with E-state index in [4.69, 9.17) is 14.2 Å². The molecule has 0 bridgehead atoms. The number of nitrogens with zero attached hydrogens (tertiary/aromatic N) is 2. The number of hydrogen-bond acceptors (Lipinski definition) is 6. The summed E-state index contributed by atoms with van der Waals surface area (Å²) in [6, 6.07) is 9.38. The molecule has 1 unspecified atom stereocenters. The minimum atomic E-state index is -0.528. The smallest absolute Gasteiger partial charge is 0.253 e. The van der Waals surface area contributed by atoms with Gasteiger partial charge in [0.2, 0.25) is 5.56 Å². The SMILES string of the molecule is CC(C)CN(Cc1ccc2c(c1)OCCCO2)C(=O)C1CN(Cc2cc[nH]c(=O)c2)CCO1. The lowest BCUT2D eigenvalue weighted by Crippen LogP contribution is -2.51. The van der Waals surface area contributed by atoms with E-state index in [0.29, 0.717) is 51.9 Å². The Morgan fingerprint density at radius 2 is 1.94 bits per heavy atom. The lowest BCUT2D eigenvalue weighted by atomic mass is 10.1. The van der Waals surface area contributed by atoms with Gasteiger partial charge in [-0.1, -0.05) is 19.9 Å². The lowest BCUT2D eigenvalue weighted by Gasteiger charge is -2.35. The molecule has 0 spiro atoms. The highest BCUT2D eigenvalue weighted by Crippen LogP contribution is 2.31. The van der Waals surface area contributed by atoms with Crippen LogP contribution in [0.1, 0.15) is 31.4 Å². The lowest BCUT2D eigenvalue weighted by molar-refractivity contribution is -0.151. The van der Waals surface area contributed by atoms with Crippen LogP contribution in [0, 0.1) is 5.92 Å². The van der Waals surface area contributed by atoms with Crippen LogP contribution < -0.4 is 15.0 Å². The van der Waals surface area contributed by atoms with Crippen molar-refractivity contribution in [3.63, 3.8) is 0 Å². The molecule has 2 aliphatic rings. The van der Waals surface area contributed by atoms with Crippen molar-refractivity contribution < 1.29 is 19.0 Å². The van der Waals surface area contributed by atoms with Crippen LogP contribution in [0.15, 0.2) is 41.3 Å². The van der Waals surface area contributed by atoms with Crippen LogP contribution in [0.3, 0.4) is 0 Å². The second kappa shape index (κ2) is 10.9. The number of benzene rings is 1. The van der Waals surface area contributed by atoms with Gasteiger partial charge in [0.25, 0.3) is 5.91 Å². The monoisotopic (exact) mass is 455 g/mol. The van der Waals surface area contributed by atoms with Crippen LogP contribution in [-0.4, -0.2) is 66.2 Å². The summed E-state index contributed by atoms with van der Waals surface area (Å²) in [6.07, 6.45) is 1.98. The molecule has 1 N–H and O–H groups in total. The highest BCUT2D eigenvalue weighted by Gasteiger charge is 2.31. The van der Waals surface area contributed by atoms with Gasteiger partial charge >= 0.3 is 0 Å². The number of H-pyrrole nitrogens is 1. The molecule has 1 aromatic heterocycles. The summed E-state index contributed by atoms with van der Waals surface area (Å²) in [5, 5.41) is 0. The van der Waals surface area contributed by atoms with Crippen LogP contribution in [0.2, 0.25) is 0 Å². The molecule has 1 fully saturated rings.